The zero-order chi connectivity index (χ0) is 6.41. The third-order valence-corrected chi connectivity index (χ3v) is 1.17. The normalized spacial score (nSPS) is 10.5. The zero-order valence-corrected chi connectivity index (χ0v) is 5.90. The molecule has 50 valence electrons. The lowest BCUT2D eigenvalue weighted by Gasteiger charge is -1.99. The molecular formula is C3H8ClO3P. The van der Waals surface area contributed by atoms with Crippen molar-refractivity contribution in [3.05, 3.63) is 0 Å². The Morgan fingerprint density at radius 1 is 1.50 bits per heavy atom. The van der Waals surface area contributed by atoms with Crippen LogP contribution in [0.25, 0.3) is 0 Å². The number of rotatable bonds is 4. The molecule has 0 aromatic rings. The average molecular weight is 159 g/mol. The standard InChI is InChI=1S/C3H8ClO3P/c4-2-1-3-7-8(5)6/h5-6H,1-3H2. The van der Waals surface area contributed by atoms with Gasteiger partial charge in [0.05, 0.1) is 6.61 Å². The second-order valence-electron chi connectivity index (χ2n) is 1.13. The topological polar surface area (TPSA) is 49.7 Å². The maximum absolute atomic E-state index is 8.13. The van der Waals surface area contributed by atoms with Crippen LogP contribution in [0.4, 0.5) is 0 Å². The van der Waals surface area contributed by atoms with Crippen LogP contribution < -0.4 is 0 Å². The fraction of sp³-hybridized carbons (Fsp3) is 1.00. The molecule has 0 aliphatic carbocycles. The second kappa shape index (κ2) is 5.73. The molecule has 5 heteroatoms. The van der Waals surface area contributed by atoms with Gasteiger partial charge >= 0.3 is 8.60 Å². The molecule has 0 atom stereocenters. The highest BCUT2D eigenvalue weighted by atomic mass is 35.5. The molecular weight excluding hydrogens is 150 g/mol. The van der Waals surface area contributed by atoms with Gasteiger partial charge in [-0.05, 0) is 6.42 Å². The van der Waals surface area contributed by atoms with Crippen LogP contribution in [0.3, 0.4) is 0 Å². The van der Waals surface area contributed by atoms with Crippen molar-refractivity contribution in [2.75, 3.05) is 12.5 Å². The van der Waals surface area contributed by atoms with Crippen molar-refractivity contribution >= 4 is 20.2 Å². The van der Waals surface area contributed by atoms with E-state index in [1.165, 1.54) is 0 Å². The molecule has 0 aromatic heterocycles. The van der Waals surface area contributed by atoms with E-state index in [4.69, 9.17) is 21.4 Å². The quantitative estimate of drug-likeness (QED) is 0.362. The van der Waals surface area contributed by atoms with Gasteiger partial charge < -0.3 is 14.3 Å². The SMILES string of the molecule is OP(O)OCCCCl. The Labute approximate surface area is 54.2 Å². The minimum Gasteiger partial charge on any atom is -0.328 e. The molecule has 3 nitrogen and oxygen atoms in total. The first-order chi connectivity index (χ1) is 3.77. The summed E-state index contributed by atoms with van der Waals surface area (Å²) >= 11 is 5.25. The summed E-state index contributed by atoms with van der Waals surface area (Å²) in [6, 6.07) is 0. The van der Waals surface area contributed by atoms with Gasteiger partial charge in [0.1, 0.15) is 0 Å². The molecule has 0 aliphatic heterocycles. The van der Waals surface area contributed by atoms with Gasteiger partial charge in [0, 0.05) is 5.88 Å². The Balaban J connectivity index is 2.72. The lowest BCUT2D eigenvalue weighted by Crippen LogP contribution is -1.88. The van der Waals surface area contributed by atoms with E-state index in [0.29, 0.717) is 18.9 Å². The third-order valence-electron chi connectivity index (χ3n) is 0.485. The largest absolute Gasteiger partial charge is 0.328 e. The molecule has 2 N–H and O–H groups in total. The first-order valence-corrected chi connectivity index (χ1v) is 3.84. The van der Waals surface area contributed by atoms with E-state index in [9.17, 15) is 0 Å². The van der Waals surface area contributed by atoms with Gasteiger partial charge in [-0.2, -0.15) is 0 Å². The molecule has 8 heavy (non-hydrogen) atoms. The van der Waals surface area contributed by atoms with E-state index in [0.717, 1.165) is 0 Å². The number of hydrogen-bond acceptors (Lipinski definition) is 3. The van der Waals surface area contributed by atoms with E-state index in [1.807, 2.05) is 0 Å². The molecule has 0 spiro atoms. The summed E-state index contributed by atoms with van der Waals surface area (Å²) in [5.74, 6) is 0.489. The molecule has 0 radical (unpaired) electrons. The molecule has 0 heterocycles. The highest BCUT2D eigenvalue weighted by molar-refractivity contribution is 7.39. The molecule has 0 unspecified atom stereocenters. The van der Waals surface area contributed by atoms with E-state index in [-0.39, 0.29) is 0 Å². The highest BCUT2D eigenvalue weighted by Crippen LogP contribution is 2.23. The fourth-order valence-electron chi connectivity index (χ4n) is 0.201. The van der Waals surface area contributed by atoms with Crippen molar-refractivity contribution in [1.82, 2.24) is 0 Å². The third kappa shape index (κ3) is 6.60. The second-order valence-corrected chi connectivity index (χ2v) is 2.27. The van der Waals surface area contributed by atoms with Gasteiger partial charge in [-0.25, -0.2) is 0 Å². The maximum Gasteiger partial charge on any atom is 0.327 e. The molecule has 0 rings (SSSR count). The van der Waals surface area contributed by atoms with Crippen LogP contribution >= 0.6 is 20.2 Å². The lowest BCUT2D eigenvalue weighted by molar-refractivity contribution is 0.256. The highest BCUT2D eigenvalue weighted by Gasteiger charge is 1.95. The minimum absolute atomic E-state index is 0.322. The summed E-state index contributed by atoms with van der Waals surface area (Å²) in [5.41, 5.74) is 0. The van der Waals surface area contributed by atoms with Crippen LogP contribution in [0.1, 0.15) is 6.42 Å². The van der Waals surface area contributed by atoms with E-state index >= 15 is 0 Å². The van der Waals surface area contributed by atoms with Crippen LogP contribution in [-0.4, -0.2) is 22.3 Å². The average Bonchev–Trinajstić information content (AvgIpc) is 1.66. The first-order valence-electron chi connectivity index (χ1n) is 2.14. The maximum atomic E-state index is 8.13. The van der Waals surface area contributed by atoms with E-state index in [1.54, 1.807) is 0 Å². The smallest absolute Gasteiger partial charge is 0.327 e. The monoisotopic (exact) mass is 158 g/mol. The minimum atomic E-state index is -2.17. The lowest BCUT2D eigenvalue weighted by atomic mass is 10.5. The predicted molar refractivity (Wildman–Crippen MR) is 32.6 cm³/mol. The molecule has 0 aliphatic rings. The van der Waals surface area contributed by atoms with Crippen LogP contribution in [-0.2, 0) is 4.52 Å². The zero-order valence-electron chi connectivity index (χ0n) is 4.25. The fourth-order valence-corrected chi connectivity index (χ4v) is 0.602. The van der Waals surface area contributed by atoms with Crippen LogP contribution in [0.2, 0.25) is 0 Å². The van der Waals surface area contributed by atoms with Gasteiger partial charge in [-0.15, -0.1) is 11.6 Å². The van der Waals surface area contributed by atoms with Gasteiger partial charge in [0.25, 0.3) is 0 Å². The Bertz CT molecular complexity index is 51.8. The molecule has 0 saturated carbocycles. The number of halogens is 1. The van der Waals surface area contributed by atoms with Crippen LogP contribution in [0.15, 0.2) is 0 Å². The van der Waals surface area contributed by atoms with Crippen molar-refractivity contribution in [2.45, 2.75) is 6.42 Å². The summed E-state index contributed by atoms with van der Waals surface area (Å²) in [6.45, 7) is 0.322. The Morgan fingerprint density at radius 3 is 2.50 bits per heavy atom. The Morgan fingerprint density at radius 2 is 2.12 bits per heavy atom. The van der Waals surface area contributed by atoms with Crippen molar-refractivity contribution in [2.24, 2.45) is 0 Å². The Kier molecular flexibility index (Phi) is 6.16. The van der Waals surface area contributed by atoms with Crippen molar-refractivity contribution in [3.63, 3.8) is 0 Å². The summed E-state index contributed by atoms with van der Waals surface area (Å²) in [6.07, 6.45) is 0.654. The number of hydrogen-bond donors (Lipinski definition) is 2. The number of alkyl halides is 1. The van der Waals surface area contributed by atoms with E-state index < -0.39 is 8.60 Å². The predicted octanol–water partition coefficient (Wildman–Crippen LogP) is 0.843. The van der Waals surface area contributed by atoms with Gasteiger partial charge in [-0.3, -0.25) is 0 Å². The van der Waals surface area contributed by atoms with Crippen molar-refractivity contribution < 1.29 is 14.3 Å². The van der Waals surface area contributed by atoms with Gasteiger partial charge in [-0.1, -0.05) is 0 Å². The Hall–Kier alpha value is 0.600. The van der Waals surface area contributed by atoms with Crippen LogP contribution in [0, 0.1) is 0 Å². The molecule has 0 saturated heterocycles. The molecule has 0 amide bonds. The van der Waals surface area contributed by atoms with Gasteiger partial charge in [0.15, 0.2) is 0 Å². The van der Waals surface area contributed by atoms with Gasteiger partial charge in [0.2, 0.25) is 0 Å². The molecule has 0 aromatic carbocycles. The van der Waals surface area contributed by atoms with Crippen molar-refractivity contribution in [3.8, 4) is 0 Å². The summed E-state index contributed by atoms with van der Waals surface area (Å²) in [5, 5.41) is 0. The first kappa shape index (κ1) is 8.60. The van der Waals surface area contributed by atoms with E-state index in [2.05, 4.69) is 4.52 Å². The van der Waals surface area contributed by atoms with Crippen molar-refractivity contribution in [1.29, 1.82) is 0 Å². The summed E-state index contributed by atoms with van der Waals surface area (Å²) in [4.78, 5) is 16.3. The summed E-state index contributed by atoms with van der Waals surface area (Å²) < 4.78 is 4.37. The molecule has 0 fully saturated rings. The molecule has 0 bridgehead atoms. The summed E-state index contributed by atoms with van der Waals surface area (Å²) in [7, 11) is -2.17. The van der Waals surface area contributed by atoms with Crippen LogP contribution in [0.5, 0.6) is 0 Å².